The van der Waals surface area contributed by atoms with E-state index in [1.54, 1.807) is 11.3 Å². The highest BCUT2D eigenvalue weighted by atomic mass is 32.1. The van der Waals surface area contributed by atoms with Gasteiger partial charge in [-0.25, -0.2) is 9.97 Å². The van der Waals surface area contributed by atoms with Crippen LogP contribution in [0.4, 0.5) is 5.82 Å². The molecule has 1 saturated heterocycles. The largest absolute Gasteiger partial charge is 0.357 e. The fraction of sp³-hybridized carbons (Fsp3) is 0.533. The van der Waals surface area contributed by atoms with Gasteiger partial charge in [0.25, 0.3) is 0 Å². The van der Waals surface area contributed by atoms with Crippen molar-refractivity contribution in [2.45, 2.75) is 45.2 Å². The van der Waals surface area contributed by atoms with Crippen LogP contribution < -0.4 is 5.32 Å². The molecule has 0 aromatic carbocycles. The van der Waals surface area contributed by atoms with E-state index >= 15 is 0 Å². The number of anilines is 1. The molecule has 6 heteroatoms. The number of carbonyl (C=O) groups excluding carboxylic acids is 1. The zero-order chi connectivity index (χ0) is 14.8. The van der Waals surface area contributed by atoms with Crippen LogP contribution in [0.2, 0.25) is 0 Å². The lowest BCUT2D eigenvalue weighted by atomic mass is 10.0. The van der Waals surface area contributed by atoms with E-state index in [2.05, 4.69) is 22.2 Å². The molecule has 0 bridgehead atoms. The minimum atomic E-state index is -0.272. The molecule has 5 nitrogen and oxygen atoms in total. The second kappa shape index (κ2) is 5.97. The molecule has 1 N–H and O–H groups in total. The summed E-state index contributed by atoms with van der Waals surface area (Å²) in [5, 5.41) is 5.25. The van der Waals surface area contributed by atoms with E-state index in [1.165, 1.54) is 12.7 Å². The number of nitrogens with zero attached hydrogens (tertiary/aromatic N) is 3. The molecule has 0 spiro atoms. The molecule has 0 unspecified atom stereocenters. The number of carbonyl (C=O) groups is 1. The topological polar surface area (TPSA) is 58.1 Å². The van der Waals surface area contributed by atoms with E-state index in [4.69, 9.17) is 0 Å². The quantitative estimate of drug-likeness (QED) is 0.947. The molecule has 0 aliphatic carbocycles. The van der Waals surface area contributed by atoms with E-state index in [0.717, 1.165) is 35.4 Å². The van der Waals surface area contributed by atoms with Crippen molar-refractivity contribution in [2.24, 2.45) is 0 Å². The van der Waals surface area contributed by atoms with Gasteiger partial charge in [-0.15, -0.1) is 11.3 Å². The maximum Gasteiger partial charge on any atom is 0.245 e. The number of fused-ring (bicyclic) bond motifs is 1. The Hall–Kier alpha value is -1.69. The van der Waals surface area contributed by atoms with Crippen LogP contribution in [0.1, 0.15) is 33.1 Å². The molecule has 2 atom stereocenters. The summed E-state index contributed by atoms with van der Waals surface area (Å²) in [6.45, 7) is 4.90. The van der Waals surface area contributed by atoms with Crippen LogP contribution in [-0.2, 0) is 4.79 Å². The van der Waals surface area contributed by atoms with E-state index in [9.17, 15) is 4.79 Å². The molecule has 2 aromatic heterocycles. The minimum absolute atomic E-state index is 0.158. The predicted molar refractivity (Wildman–Crippen MR) is 85.5 cm³/mol. The monoisotopic (exact) mass is 304 g/mol. The number of hydrogen-bond donors (Lipinski definition) is 1. The molecule has 3 rings (SSSR count). The van der Waals surface area contributed by atoms with Gasteiger partial charge in [0.05, 0.1) is 10.2 Å². The number of likely N-dealkylation sites (tertiary alicyclic amines) is 1. The summed E-state index contributed by atoms with van der Waals surface area (Å²) in [6, 6.07) is 2.03. The van der Waals surface area contributed by atoms with Crippen LogP contribution in [0.25, 0.3) is 10.2 Å². The number of rotatable bonds is 3. The molecule has 21 heavy (non-hydrogen) atoms. The van der Waals surface area contributed by atoms with Gasteiger partial charge in [-0.3, -0.25) is 4.79 Å². The molecule has 1 fully saturated rings. The highest BCUT2D eigenvalue weighted by Crippen LogP contribution is 2.26. The van der Waals surface area contributed by atoms with Crippen molar-refractivity contribution in [3.63, 3.8) is 0 Å². The van der Waals surface area contributed by atoms with Crippen LogP contribution in [0, 0.1) is 0 Å². The molecular weight excluding hydrogens is 284 g/mol. The van der Waals surface area contributed by atoms with Gasteiger partial charge in [-0.1, -0.05) is 0 Å². The Balaban J connectivity index is 1.75. The normalized spacial score (nSPS) is 20.5. The SMILES string of the molecule is C[C@H](Nc1ncnc2ccsc12)C(=O)N1CCCC[C@@H]1C. The first-order valence-corrected chi connectivity index (χ1v) is 8.30. The number of thiophene rings is 1. The fourth-order valence-corrected chi connectivity index (χ4v) is 3.63. The zero-order valence-electron chi connectivity index (χ0n) is 12.4. The fourth-order valence-electron chi connectivity index (χ4n) is 2.83. The predicted octanol–water partition coefficient (Wildman–Crippen LogP) is 2.89. The first-order chi connectivity index (χ1) is 10.2. The molecule has 1 aliphatic rings. The number of piperidine rings is 1. The highest BCUT2D eigenvalue weighted by Gasteiger charge is 2.27. The summed E-state index contributed by atoms with van der Waals surface area (Å²) >= 11 is 1.59. The minimum Gasteiger partial charge on any atom is -0.357 e. The number of amides is 1. The standard InChI is InChI=1S/C15H20N4OS/c1-10-5-3-4-7-19(10)15(20)11(2)18-14-13-12(6-8-21-13)16-9-17-14/h6,8-11H,3-5,7H2,1-2H3,(H,16,17,18)/t10-,11-/m0/s1. The van der Waals surface area contributed by atoms with E-state index < -0.39 is 0 Å². The van der Waals surface area contributed by atoms with Gasteiger partial charge in [0.15, 0.2) is 0 Å². The molecular formula is C15H20N4OS. The number of nitrogens with one attached hydrogen (secondary N) is 1. The molecule has 2 aromatic rings. The van der Waals surface area contributed by atoms with Crippen molar-refractivity contribution in [3.05, 3.63) is 17.8 Å². The maximum absolute atomic E-state index is 12.6. The molecule has 1 amide bonds. The molecule has 112 valence electrons. The summed E-state index contributed by atoms with van der Waals surface area (Å²) in [7, 11) is 0. The van der Waals surface area contributed by atoms with E-state index in [-0.39, 0.29) is 11.9 Å². The van der Waals surface area contributed by atoms with Crippen molar-refractivity contribution >= 4 is 33.3 Å². The summed E-state index contributed by atoms with van der Waals surface area (Å²) in [5.74, 6) is 0.908. The third kappa shape index (κ3) is 2.85. The van der Waals surface area contributed by atoms with Gasteiger partial charge < -0.3 is 10.2 Å². The van der Waals surface area contributed by atoms with Gasteiger partial charge in [0.2, 0.25) is 5.91 Å². The van der Waals surface area contributed by atoms with Crippen LogP contribution in [-0.4, -0.2) is 39.4 Å². The highest BCUT2D eigenvalue weighted by molar-refractivity contribution is 7.17. The van der Waals surface area contributed by atoms with Crippen molar-refractivity contribution in [1.29, 1.82) is 0 Å². The number of hydrogen-bond acceptors (Lipinski definition) is 5. The lowest BCUT2D eigenvalue weighted by Crippen LogP contribution is -2.48. The first kappa shape index (κ1) is 14.3. The summed E-state index contributed by atoms with van der Waals surface area (Å²) in [4.78, 5) is 23.1. The van der Waals surface area contributed by atoms with E-state index in [1.807, 2.05) is 23.3 Å². The van der Waals surface area contributed by atoms with Crippen LogP contribution in [0.15, 0.2) is 17.8 Å². The summed E-state index contributed by atoms with van der Waals surface area (Å²) in [5.41, 5.74) is 0.920. The van der Waals surface area contributed by atoms with Crippen molar-refractivity contribution in [3.8, 4) is 0 Å². The zero-order valence-corrected chi connectivity index (χ0v) is 13.2. The Morgan fingerprint density at radius 2 is 2.33 bits per heavy atom. The van der Waals surface area contributed by atoms with Gasteiger partial charge in [-0.2, -0.15) is 0 Å². The van der Waals surface area contributed by atoms with Crippen molar-refractivity contribution in [2.75, 3.05) is 11.9 Å². The van der Waals surface area contributed by atoms with Gasteiger partial charge >= 0.3 is 0 Å². The molecule has 3 heterocycles. The lowest BCUT2D eigenvalue weighted by molar-refractivity contribution is -0.134. The number of aromatic nitrogens is 2. The van der Waals surface area contributed by atoms with Crippen LogP contribution in [0.3, 0.4) is 0 Å². The second-order valence-corrected chi connectivity index (χ2v) is 6.52. The molecule has 1 aliphatic heterocycles. The Morgan fingerprint density at radius 3 is 3.14 bits per heavy atom. The Labute approximate surface area is 128 Å². The van der Waals surface area contributed by atoms with Crippen LogP contribution in [0.5, 0.6) is 0 Å². The van der Waals surface area contributed by atoms with Gasteiger partial charge in [0.1, 0.15) is 18.2 Å². The molecule has 0 radical (unpaired) electrons. The third-order valence-electron chi connectivity index (χ3n) is 4.05. The molecule has 0 saturated carbocycles. The summed E-state index contributed by atoms with van der Waals surface area (Å²) < 4.78 is 1.00. The van der Waals surface area contributed by atoms with Crippen molar-refractivity contribution in [1.82, 2.24) is 14.9 Å². The van der Waals surface area contributed by atoms with Crippen molar-refractivity contribution < 1.29 is 4.79 Å². The Morgan fingerprint density at radius 1 is 1.48 bits per heavy atom. The van der Waals surface area contributed by atoms with Crippen LogP contribution >= 0.6 is 11.3 Å². The average molecular weight is 304 g/mol. The van der Waals surface area contributed by atoms with Gasteiger partial charge in [-0.05, 0) is 44.6 Å². The Kier molecular flexibility index (Phi) is 4.05. The third-order valence-corrected chi connectivity index (χ3v) is 4.96. The smallest absolute Gasteiger partial charge is 0.245 e. The maximum atomic E-state index is 12.6. The first-order valence-electron chi connectivity index (χ1n) is 7.42. The second-order valence-electron chi connectivity index (χ2n) is 5.60. The average Bonchev–Trinajstić information content (AvgIpc) is 2.96. The lowest BCUT2D eigenvalue weighted by Gasteiger charge is -2.35. The Bertz CT molecular complexity index is 641. The van der Waals surface area contributed by atoms with E-state index in [0.29, 0.717) is 6.04 Å². The summed E-state index contributed by atoms with van der Waals surface area (Å²) in [6.07, 6.45) is 4.96. The van der Waals surface area contributed by atoms with Gasteiger partial charge in [0, 0.05) is 12.6 Å².